The van der Waals surface area contributed by atoms with Gasteiger partial charge in [-0.25, -0.2) is 0 Å². The molecular formula is C19H29N3O. The zero-order valence-corrected chi connectivity index (χ0v) is 14.2. The molecule has 1 aliphatic carbocycles. The van der Waals surface area contributed by atoms with Gasteiger partial charge in [0.25, 0.3) is 0 Å². The predicted molar refractivity (Wildman–Crippen MR) is 95.8 cm³/mol. The van der Waals surface area contributed by atoms with Gasteiger partial charge >= 0.3 is 0 Å². The highest BCUT2D eigenvalue weighted by molar-refractivity contribution is 5.94. The van der Waals surface area contributed by atoms with E-state index in [0.717, 1.165) is 37.3 Å². The number of rotatable bonds is 5. The van der Waals surface area contributed by atoms with Crippen LogP contribution in [0.4, 0.5) is 11.4 Å². The van der Waals surface area contributed by atoms with E-state index in [-0.39, 0.29) is 5.91 Å². The second-order valence-electron chi connectivity index (χ2n) is 7.17. The second kappa shape index (κ2) is 7.82. The summed E-state index contributed by atoms with van der Waals surface area (Å²) in [6.45, 7) is 2.27. The van der Waals surface area contributed by atoms with Crippen LogP contribution in [0.25, 0.3) is 0 Å². The van der Waals surface area contributed by atoms with Crippen molar-refractivity contribution in [1.29, 1.82) is 0 Å². The molecule has 0 bridgehead atoms. The zero-order valence-electron chi connectivity index (χ0n) is 14.2. The average molecular weight is 315 g/mol. The van der Waals surface area contributed by atoms with Crippen molar-refractivity contribution in [1.82, 2.24) is 4.90 Å². The van der Waals surface area contributed by atoms with Crippen LogP contribution in [0.3, 0.4) is 0 Å². The topological polar surface area (TPSA) is 44.4 Å². The fourth-order valence-electron chi connectivity index (χ4n) is 3.77. The van der Waals surface area contributed by atoms with Gasteiger partial charge in [0.15, 0.2) is 0 Å². The maximum absolute atomic E-state index is 12.3. The molecule has 23 heavy (non-hydrogen) atoms. The lowest BCUT2D eigenvalue weighted by atomic mass is 10.0. The largest absolute Gasteiger partial charge is 0.381 e. The lowest BCUT2D eigenvalue weighted by Gasteiger charge is -2.30. The molecule has 2 fully saturated rings. The highest BCUT2D eigenvalue weighted by Crippen LogP contribution is 2.29. The first kappa shape index (κ1) is 16.3. The average Bonchev–Trinajstić information content (AvgIpc) is 3.04. The second-order valence-corrected chi connectivity index (χ2v) is 7.17. The fourth-order valence-corrected chi connectivity index (χ4v) is 3.77. The number of para-hydroxylation sites is 2. The molecule has 0 radical (unpaired) electrons. The maximum Gasteiger partial charge on any atom is 0.224 e. The van der Waals surface area contributed by atoms with Gasteiger partial charge in [0.05, 0.1) is 11.4 Å². The van der Waals surface area contributed by atoms with Crippen LogP contribution in [0.5, 0.6) is 0 Å². The molecular weight excluding hydrogens is 286 g/mol. The van der Waals surface area contributed by atoms with Crippen LogP contribution < -0.4 is 10.6 Å². The molecule has 1 heterocycles. The molecule has 0 aromatic heterocycles. The van der Waals surface area contributed by atoms with Crippen LogP contribution in [0.2, 0.25) is 0 Å². The number of anilines is 2. The van der Waals surface area contributed by atoms with E-state index in [1.807, 2.05) is 18.2 Å². The molecule has 0 atom stereocenters. The number of carbonyl (C=O) groups excluding carboxylic acids is 1. The Kier molecular flexibility index (Phi) is 5.55. The van der Waals surface area contributed by atoms with Crippen LogP contribution in [-0.2, 0) is 4.79 Å². The van der Waals surface area contributed by atoms with E-state index in [2.05, 4.69) is 28.6 Å². The van der Waals surface area contributed by atoms with Gasteiger partial charge in [-0.15, -0.1) is 0 Å². The van der Waals surface area contributed by atoms with Crippen LogP contribution in [0.15, 0.2) is 24.3 Å². The number of carbonyl (C=O) groups is 1. The number of hydrogen-bond donors (Lipinski definition) is 2. The van der Waals surface area contributed by atoms with Crippen molar-refractivity contribution in [3.05, 3.63) is 24.3 Å². The Bertz CT molecular complexity index is 517. The predicted octanol–water partition coefficient (Wildman–Crippen LogP) is 3.71. The zero-order chi connectivity index (χ0) is 16.1. The molecule has 4 heteroatoms. The van der Waals surface area contributed by atoms with Crippen molar-refractivity contribution >= 4 is 17.3 Å². The van der Waals surface area contributed by atoms with E-state index in [4.69, 9.17) is 0 Å². The highest BCUT2D eigenvalue weighted by Gasteiger charge is 2.20. The summed E-state index contributed by atoms with van der Waals surface area (Å²) in [5.74, 6) is 0.749. The normalized spacial score (nSPS) is 20.6. The monoisotopic (exact) mass is 315 g/mol. The molecule has 126 valence electrons. The molecule has 1 saturated carbocycles. The third kappa shape index (κ3) is 4.71. The van der Waals surface area contributed by atoms with Crippen molar-refractivity contribution < 1.29 is 4.79 Å². The Morgan fingerprint density at radius 3 is 2.43 bits per heavy atom. The Morgan fingerprint density at radius 1 is 1.09 bits per heavy atom. The molecule has 1 aliphatic heterocycles. The summed E-state index contributed by atoms with van der Waals surface area (Å²) in [6, 6.07) is 8.60. The maximum atomic E-state index is 12.3. The fraction of sp³-hybridized carbons (Fsp3) is 0.632. The summed E-state index contributed by atoms with van der Waals surface area (Å²) in [5.41, 5.74) is 1.98. The summed E-state index contributed by atoms with van der Waals surface area (Å²) in [7, 11) is 2.17. The van der Waals surface area contributed by atoms with E-state index in [1.54, 1.807) is 0 Å². The minimum absolute atomic E-state index is 0.162. The summed E-state index contributed by atoms with van der Waals surface area (Å²) >= 11 is 0. The summed E-state index contributed by atoms with van der Waals surface area (Å²) in [5, 5.41) is 6.75. The van der Waals surface area contributed by atoms with Crippen LogP contribution >= 0.6 is 0 Å². The number of amides is 1. The molecule has 1 aromatic carbocycles. The number of hydrogen-bond acceptors (Lipinski definition) is 3. The number of nitrogens with zero attached hydrogens (tertiary/aromatic N) is 1. The van der Waals surface area contributed by atoms with Crippen molar-refractivity contribution in [2.24, 2.45) is 5.92 Å². The van der Waals surface area contributed by atoms with Crippen molar-refractivity contribution in [2.45, 2.75) is 51.0 Å². The minimum Gasteiger partial charge on any atom is -0.381 e. The Balaban J connectivity index is 1.57. The molecule has 1 aromatic rings. The van der Waals surface area contributed by atoms with Crippen molar-refractivity contribution in [3.63, 3.8) is 0 Å². The van der Waals surface area contributed by atoms with Gasteiger partial charge in [-0.3, -0.25) is 4.79 Å². The van der Waals surface area contributed by atoms with E-state index in [9.17, 15) is 4.79 Å². The molecule has 3 rings (SSSR count). The van der Waals surface area contributed by atoms with E-state index < -0.39 is 0 Å². The SMILES string of the molecule is CN1CCC(Nc2ccccc2NC(=O)CC2CCCC2)CC1. The van der Waals surface area contributed by atoms with Gasteiger partial charge < -0.3 is 15.5 Å². The first-order chi connectivity index (χ1) is 11.2. The first-order valence-corrected chi connectivity index (χ1v) is 9.04. The molecule has 4 nitrogen and oxygen atoms in total. The lowest BCUT2D eigenvalue weighted by molar-refractivity contribution is -0.117. The molecule has 2 aliphatic rings. The Hall–Kier alpha value is -1.55. The van der Waals surface area contributed by atoms with Gasteiger partial charge in [-0.2, -0.15) is 0 Å². The van der Waals surface area contributed by atoms with Crippen molar-refractivity contribution in [3.8, 4) is 0 Å². The Labute approximate surface area is 139 Å². The van der Waals surface area contributed by atoms with Gasteiger partial charge in [-0.05, 0) is 63.9 Å². The highest BCUT2D eigenvalue weighted by atomic mass is 16.1. The first-order valence-electron chi connectivity index (χ1n) is 9.04. The quantitative estimate of drug-likeness (QED) is 0.870. The molecule has 2 N–H and O–H groups in total. The van der Waals surface area contributed by atoms with Gasteiger partial charge in [0, 0.05) is 12.5 Å². The molecule has 0 unspecified atom stereocenters. The summed E-state index contributed by atoms with van der Waals surface area (Å²) in [6.07, 6.45) is 7.97. The number of likely N-dealkylation sites (tertiary alicyclic amines) is 1. The summed E-state index contributed by atoms with van der Waals surface area (Å²) in [4.78, 5) is 14.7. The van der Waals surface area contributed by atoms with Gasteiger partial charge in [-0.1, -0.05) is 25.0 Å². The van der Waals surface area contributed by atoms with Crippen LogP contribution in [0.1, 0.15) is 44.9 Å². The van der Waals surface area contributed by atoms with Crippen LogP contribution in [0, 0.1) is 5.92 Å². The third-order valence-electron chi connectivity index (χ3n) is 5.23. The van der Waals surface area contributed by atoms with E-state index >= 15 is 0 Å². The molecule has 0 spiro atoms. The number of nitrogens with one attached hydrogen (secondary N) is 2. The number of piperidine rings is 1. The smallest absolute Gasteiger partial charge is 0.224 e. The molecule has 1 amide bonds. The van der Waals surface area contributed by atoms with Crippen LogP contribution in [-0.4, -0.2) is 37.0 Å². The Morgan fingerprint density at radius 2 is 1.74 bits per heavy atom. The van der Waals surface area contributed by atoms with Gasteiger partial charge in [0.2, 0.25) is 5.91 Å². The standard InChI is InChI=1S/C19H29N3O/c1-22-12-10-16(11-13-22)20-17-8-4-5-9-18(17)21-19(23)14-15-6-2-3-7-15/h4-5,8-9,15-16,20H,2-3,6-7,10-14H2,1H3,(H,21,23). The van der Waals surface area contributed by atoms with Crippen molar-refractivity contribution in [2.75, 3.05) is 30.8 Å². The number of benzene rings is 1. The van der Waals surface area contributed by atoms with E-state index in [1.165, 1.54) is 25.7 Å². The lowest BCUT2D eigenvalue weighted by Crippen LogP contribution is -2.36. The summed E-state index contributed by atoms with van der Waals surface area (Å²) < 4.78 is 0. The molecule has 1 saturated heterocycles. The minimum atomic E-state index is 0.162. The third-order valence-corrected chi connectivity index (χ3v) is 5.23. The van der Waals surface area contributed by atoms with E-state index in [0.29, 0.717) is 18.4 Å². The van der Waals surface area contributed by atoms with Gasteiger partial charge in [0.1, 0.15) is 0 Å².